The van der Waals surface area contributed by atoms with Crippen LogP contribution in [0.5, 0.6) is 0 Å². The largest absolute Gasteiger partial charge is 0.381 e. The third kappa shape index (κ3) is 8.17. The average molecular weight is 401 g/mol. The SMILES string of the molecule is CCCCCCCSCc1cc(CCCOCCCC)cc2c(C)cccc12. The number of aryl methyl sites for hydroxylation is 2. The van der Waals surface area contributed by atoms with Crippen molar-refractivity contribution >= 4 is 22.5 Å². The van der Waals surface area contributed by atoms with Gasteiger partial charge in [-0.15, -0.1) is 0 Å². The third-order valence-electron chi connectivity index (χ3n) is 5.41. The number of benzene rings is 2. The van der Waals surface area contributed by atoms with Crippen LogP contribution in [0.4, 0.5) is 0 Å². The molecule has 0 spiro atoms. The van der Waals surface area contributed by atoms with E-state index in [4.69, 9.17) is 4.74 Å². The second kappa shape index (κ2) is 14.1. The summed E-state index contributed by atoms with van der Waals surface area (Å²) in [6.45, 7) is 8.53. The smallest absolute Gasteiger partial charge is 0.0469 e. The third-order valence-corrected chi connectivity index (χ3v) is 6.50. The van der Waals surface area contributed by atoms with Gasteiger partial charge in [0.1, 0.15) is 0 Å². The molecule has 0 aliphatic carbocycles. The van der Waals surface area contributed by atoms with E-state index in [1.54, 1.807) is 0 Å². The van der Waals surface area contributed by atoms with Gasteiger partial charge in [-0.05, 0) is 65.8 Å². The van der Waals surface area contributed by atoms with Gasteiger partial charge in [-0.2, -0.15) is 11.8 Å². The van der Waals surface area contributed by atoms with E-state index in [1.807, 2.05) is 0 Å². The van der Waals surface area contributed by atoms with Crippen LogP contribution in [0.2, 0.25) is 0 Å². The molecule has 0 saturated carbocycles. The molecule has 0 heterocycles. The lowest BCUT2D eigenvalue weighted by Gasteiger charge is -2.13. The Hall–Kier alpha value is -0.990. The number of ether oxygens (including phenoxy) is 1. The van der Waals surface area contributed by atoms with E-state index in [0.29, 0.717) is 0 Å². The first-order valence-corrected chi connectivity index (χ1v) is 12.6. The van der Waals surface area contributed by atoms with Gasteiger partial charge >= 0.3 is 0 Å². The summed E-state index contributed by atoms with van der Waals surface area (Å²) >= 11 is 2.11. The van der Waals surface area contributed by atoms with Crippen LogP contribution in [-0.4, -0.2) is 19.0 Å². The number of rotatable bonds is 15. The van der Waals surface area contributed by atoms with Crippen molar-refractivity contribution in [1.82, 2.24) is 0 Å². The van der Waals surface area contributed by atoms with Gasteiger partial charge in [0.25, 0.3) is 0 Å². The summed E-state index contributed by atoms with van der Waals surface area (Å²) in [6.07, 6.45) is 11.5. The average Bonchev–Trinajstić information content (AvgIpc) is 2.70. The Kier molecular flexibility index (Phi) is 11.7. The molecule has 1 nitrogen and oxygen atoms in total. The van der Waals surface area contributed by atoms with Crippen molar-refractivity contribution in [3.8, 4) is 0 Å². The van der Waals surface area contributed by atoms with Gasteiger partial charge in [-0.1, -0.05) is 76.3 Å². The Morgan fingerprint density at radius 3 is 2.43 bits per heavy atom. The van der Waals surface area contributed by atoms with Crippen LogP contribution in [0.1, 0.15) is 81.9 Å². The summed E-state index contributed by atoms with van der Waals surface area (Å²) in [4.78, 5) is 0. The molecule has 0 unspecified atom stereocenters. The lowest BCUT2D eigenvalue weighted by molar-refractivity contribution is 0.129. The Morgan fingerprint density at radius 2 is 1.61 bits per heavy atom. The molecule has 2 aromatic carbocycles. The second-order valence-electron chi connectivity index (χ2n) is 7.96. The molecule has 156 valence electrons. The zero-order chi connectivity index (χ0) is 20.0. The maximum absolute atomic E-state index is 5.75. The van der Waals surface area contributed by atoms with Gasteiger partial charge in [-0.25, -0.2) is 0 Å². The topological polar surface area (TPSA) is 9.23 Å². The number of fused-ring (bicyclic) bond motifs is 1. The molecular weight excluding hydrogens is 360 g/mol. The molecule has 0 aliphatic heterocycles. The van der Waals surface area contributed by atoms with E-state index < -0.39 is 0 Å². The van der Waals surface area contributed by atoms with Crippen molar-refractivity contribution in [3.05, 3.63) is 47.0 Å². The second-order valence-corrected chi connectivity index (χ2v) is 9.07. The van der Waals surface area contributed by atoms with Gasteiger partial charge in [0.05, 0.1) is 0 Å². The fourth-order valence-corrected chi connectivity index (χ4v) is 4.67. The van der Waals surface area contributed by atoms with Crippen LogP contribution in [0.3, 0.4) is 0 Å². The van der Waals surface area contributed by atoms with Gasteiger partial charge in [-0.3, -0.25) is 0 Å². The van der Waals surface area contributed by atoms with E-state index in [9.17, 15) is 0 Å². The summed E-state index contributed by atoms with van der Waals surface area (Å²) in [5.74, 6) is 2.42. The van der Waals surface area contributed by atoms with Crippen LogP contribution in [0.25, 0.3) is 10.8 Å². The highest BCUT2D eigenvalue weighted by atomic mass is 32.2. The molecule has 0 fully saturated rings. The Balaban J connectivity index is 1.93. The summed E-state index contributed by atoms with van der Waals surface area (Å²) in [5.41, 5.74) is 4.38. The molecule has 2 rings (SSSR count). The number of hydrogen-bond donors (Lipinski definition) is 0. The molecule has 0 amide bonds. The van der Waals surface area contributed by atoms with E-state index in [2.05, 4.69) is 62.9 Å². The van der Waals surface area contributed by atoms with E-state index in [-0.39, 0.29) is 0 Å². The van der Waals surface area contributed by atoms with Gasteiger partial charge in [0.2, 0.25) is 0 Å². The molecule has 0 atom stereocenters. The molecule has 0 aromatic heterocycles. The lowest BCUT2D eigenvalue weighted by Crippen LogP contribution is -1.99. The van der Waals surface area contributed by atoms with E-state index in [1.165, 1.54) is 78.2 Å². The molecule has 0 bridgehead atoms. The molecule has 0 N–H and O–H groups in total. The fraction of sp³-hybridized carbons (Fsp3) is 0.615. The molecule has 2 heteroatoms. The fourth-order valence-electron chi connectivity index (χ4n) is 3.66. The molecule has 0 radical (unpaired) electrons. The zero-order valence-corrected chi connectivity index (χ0v) is 19.2. The quantitative estimate of drug-likeness (QED) is 0.279. The minimum Gasteiger partial charge on any atom is -0.381 e. The maximum atomic E-state index is 5.75. The summed E-state index contributed by atoms with van der Waals surface area (Å²) < 4.78 is 5.75. The highest BCUT2D eigenvalue weighted by Gasteiger charge is 2.07. The molecule has 28 heavy (non-hydrogen) atoms. The summed E-state index contributed by atoms with van der Waals surface area (Å²) in [5, 5.41) is 2.88. The van der Waals surface area contributed by atoms with Crippen LogP contribution in [0.15, 0.2) is 30.3 Å². The Bertz CT molecular complexity index is 679. The highest BCUT2D eigenvalue weighted by Crippen LogP contribution is 2.28. The van der Waals surface area contributed by atoms with E-state index >= 15 is 0 Å². The van der Waals surface area contributed by atoms with E-state index in [0.717, 1.165) is 31.8 Å². The molecule has 0 aliphatic rings. The lowest BCUT2D eigenvalue weighted by atomic mass is 9.96. The number of thioether (sulfide) groups is 1. The minimum absolute atomic E-state index is 0.883. The number of unbranched alkanes of at least 4 members (excludes halogenated alkanes) is 5. The first-order chi connectivity index (χ1) is 13.8. The van der Waals surface area contributed by atoms with Crippen molar-refractivity contribution in [3.63, 3.8) is 0 Å². The minimum atomic E-state index is 0.883. The Labute approximate surface area is 177 Å². The van der Waals surface area contributed by atoms with Crippen molar-refractivity contribution in [1.29, 1.82) is 0 Å². The van der Waals surface area contributed by atoms with Gasteiger partial charge in [0.15, 0.2) is 0 Å². The van der Waals surface area contributed by atoms with Gasteiger partial charge in [0, 0.05) is 19.0 Å². The van der Waals surface area contributed by atoms with Crippen molar-refractivity contribution in [2.45, 2.75) is 84.3 Å². The maximum Gasteiger partial charge on any atom is 0.0469 e. The van der Waals surface area contributed by atoms with Gasteiger partial charge < -0.3 is 4.74 Å². The van der Waals surface area contributed by atoms with Crippen LogP contribution >= 0.6 is 11.8 Å². The van der Waals surface area contributed by atoms with Crippen LogP contribution in [-0.2, 0) is 16.9 Å². The first kappa shape index (κ1) is 23.3. The van der Waals surface area contributed by atoms with Crippen molar-refractivity contribution < 1.29 is 4.74 Å². The zero-order valence-electron chi connectivity index (χ0n) is 18.4. The number of hydrogen-bond acceptors (Lipinski definition) is 2. The predicted molar refractivity (Wildman–Crippen MR) is 128 cm³/mol. The molecular formula is C26H40OS. The molecule has 2 aromatic rings. The van der Waals surface area contributed by atoms with Crippen LogP contribution in [0, 0.1) is 6.92 Å². The Morgan fingerprint density at radius 1 is 0.821 bits per heavy atom. The van der Waals surface area contributed by atoms with Crippen molar-refractivity contribution in [2.24, 2.45) is 0 Å². The highest BCUT2D eigenvalue weighted by molar-refractivity contribution is 7.98. The summed E-state index contributed by atoms with van der Waals surface area (Å²) in [6, 6.07) is 11.6. The standard InChI is InChI=1S/C26H40OS/c1-4-6-8-9-10-18-28-21-24-19-23(14-12-17-27-16-7-5-2)20-26-22(3)13-11-15-25(24)26/h11,13,15,19-20H,4-10,12,14,16-18,21H2,1-3H3. The summed E-state index contributed by atoms with van der Waals surface area (Å²) in [7, 11) is 0. The molecule has 0 saturated heterocycles. The van der Waals surface area contributed by atoms with Crippen LogP contribution < -0.4 is 0 Å². The first-order valence-electron chi connectivity index (χ1n) is 11.4. The predicted octanol–water partition coefficient (Wildman–Crippen LogP) is 8.10. The normalized spacial score (nSPS) is 11.4. The van der Waals surface area contributed by atoms with Crippen molar-refractivity contribution in [2.75, 3.05) is 19.0 Å². The monoisotopic (exact) mass is 400 g/mol.